The molecular formula is C14H19N2P. The quantitative estimate of drug-likeness (QED) is 0.796. The van der Waals surface area contributed by atoms with Crippen LogP contribution in [0, 0.1) is 0 Å². The van der Waals surface area contributed by atoms with Crippen LogP contribution in [0.15, 0.2) is 42.7 Å². The van der Waals surface area contributed by atoms with Crippen LogP contribution in [0.3, 0.4) is 0 Å². The summed E-state index contributed by atoms with van der Waals surface area (Å²) < 4.78 is 2.15. The lowest BCUT2D eigenvalue weighted by Gasteiger charge is -2.19. The SMILES string of the molecule is C=C(CC)N(P)CCc1c[nH]c2ccccc12. The van der Waals surface area contributed by atoms with E-state index in [4.69, 9.17) is 0 Å². The zero-order valence-electron chi connectivity index (χ0n) is 10.2. The number of rotatable bonds is 5. The topological polar surface area (TPSA) is 19.0 Å². The summed E-state index contributed by atoms with van der Waals surface area (Å²) in [5.41, 5.74) is 3.75. The molecule has 2 nitrogen and oxygen atoms in total. The van der Waals surface area contributed by atoms with E-state index in [0.29, 0.717) is 0 Å². The molecule has 0 saturated carbocycles. The highest BCUT2D eigenvalue weighted by Gasteiger charge is 2.05. The van der Waals surface area contributed by atoms with Gasteiger partial charge in [-0.2, -0.15) is 0 Å². The molecule has 0 saturated heterocycles. The van der Waals surface area contributed by atoms with Crippen LogP contribution in [0.4, 0.5) is 0 Å². The molecule has 1 aromatic heterocycles. The molecule has 3 heteroatoms. The Labute approximate surface area is 105 Å². The molecule has 0 amide bonds. The van der Waals surface area contributed by atoms with Gasteiger partial charge in [0.2, 0.25) is 0 Å². The van der Waals surface area contributed by atoms with Crippen molar-refractivity contribution in [3.63, 3.8) is 0 Å². The molecule has 1 N–H and O–H groups in total. The number of nitrogens with zero attached hydrogens (tertiary/aromatic N) is 1. The molecular weight excluding hydrogens is 227 g/mol. The molecule has 17 heavy (non-hydrogen) atoms. The Morgan fingerprint density at radius 1 is 1.41 bits per heavy atom. The van der Waals surface area contributed by atoms with Gasteiger partial charge in [0.25, 0.3) is 0 Å². The second kappa shape index (κ2) is 5.37. The van der Waals surface area contributed by atoms with Gasteiger partial charge in [-0.3, -0.25) is 0 Å². The monoisotopic (exact) mass is 246 g/mol. The van der Waals surface area contributed by atoms with Crippen LogP contribution in [-0.4, -0.2) is 16.2 Å². The van der Waals surface area contributed by atoms with Crippen molar-refractivity contribution in [3.8, 4) is 0 Å². The number of aromatic amines is 1. The van der Waals surface area contributed by atoms with Gasteiger partial charge in [0.05, 0.1) is 0 Å². The lowest BCUT2D eigenvalue weighted by Crippen LogP contribution is -2.13. The van der Waals surface area contributed by atoms with E-state index < -0.39 is 0 Å². The molecule has 0 radical (unpaired) electrons. The zero-order valence-corrected chi connectivity index (χ0v) is 11.4. The molecule has 1 heterocycles. The summed E-state index contributed by atoms with van der Waals surface area (Å²) in [5.74, 6) is 0. The van der Waals surface area contributed by atoms with Crippen LogP contribution in [0.2, 0.25) is 0 Å². The number of hydrogen-bond donors (Lipinski definition) is 1. The molecule has 2 rings (SSSR count). The van der Waals surface area contributed by atoms with Crippen molar-refractivity contribution in [2.75, 3.05) is 6.54 Å². The van der Waals surface area contributed by atoms with Crippen molar-refractivity contribution < 1.29 is 0 Å². The maximum Gasteiger partial charge on any atom is 0.0456 e. The largest absolute Gasteiger partial charge is 0.361 e. The van der Waals surface area contributed by atoms with Crippen molar-refractivity contribution >= 4 is 20.3 Å². The van der Waals surface area contributed by atoms with Crippen LogP contribution in [0.25, 0.3) is 10.9 Å². The van der Waals surface area contributed by atoms with Crippen molar-refractivity contribution in [1.82, 2.24) is 9.65 Å². The molecule has 0 bridgehead atoms. The van der Waals surface area contributed by atoms with Crippen molar-refractivity contribution in [2.45, 2.75) is 19.8 Å². The third kappa shape index (κ3) is 2.70. The molecule has 90 valence electrons. The molecule has 0 aliphatic rings. The van der Waals surface area contributed by atoms with Gasteiger partial charge < -0.3 is 9.65 Å². The first kappa shape index (κ1) is 12.2. The number of nitrogens with one attached hydrogen (secondary N) is 1. The van der Waals surface area contributed by atoms with Crippen molar-refractivity contribution in [1.29, 1.82) is 0 Å². The van der Waals surface area contributed by atoms with Gasteiger partial charge in [-0.25, -0.2) is 0 Å². The van der Waals surface area contributed by atoms with E-state index in [-0.39, 0.29) is 0 Å². The fourth-order valence-corrected chi connectivity index (χ4v) is 2.25. The number of hydrogen-bond acceptors (Lipinski definition) is 1. The van der Waals surface area contributed by atoms with Gasteiger partial charge in [-0.1, -0.05) is 31.7 Å². The molecule has 1 aromatic carbocycles. The molecule has 0 spiro atoms. The third-order valence-corrected chi connectivity index (χ3v) is 3.73. The fraction of sp³-hybridized carbons (Fsp3) is 0.286. The van der Waals surface area contributed by atoms with Crippen LogP contribution in [0.5, 0.6) is 0 Å². The summed E-state index contributed by atoms with van der Waals surface area (Å²) >= 11 is 0. The normalized spacial score (nSPS) is 10.7. The smallest absolute Gasteiger partial charge is 0.0456 e. The van der Waals surface area contributed by atoms with Gasteiger partial charge in [0.1, 0.15) is 0 Å². The summed E-state index contributed by atoms with van der Waals surface area (Å²) in [5, 5.41) is 1.33. The molecule has 2 aromatic rings. The highest BCUT2D eigenvalue weighted by atomic mass is 31.0. The highest BCUT2D eigenvalue weighted by Crippen LogP contribution is 2.20. The van der Waals surface area contributed by atoms with E-state index in [1.54, 1.807) is 0 Å². The Morgan fingerprint density at radius 2 is 2.18 bits per heavy atom. The predicted molar refractivity (Wildman–Crippen MR) is 77.8 cm³/mol. The van der Waals surface area contributed by atoms with Gasteiger partial charge in [-0.05, 0) is 33.9 Å². The van der Waals surface area contributed by atoms with Crippen LogP contribution in [-0.2, 0) is 6.42 Å². The Bertz CT molecular complexity index is 516. The summed E-state index contributed by atoms with van der Waals surface area (Å²) in [6.07, 6.45) is 4.14. The summed E-state index contributed by atoms with van der Waals surface area (Å²) in [4.78, 5) is 3.31. The number of para-hydroxylation sites is 1. The fourth-order valence-electron chi connectivity index (χ4n) is 1.94. The number of H-pyrrole nitrogens is 1. The van der Waals surface area contributed by atoms with E-state index in [9.17, 15) is 0 Å². The van der Waals surface area contributed by atoms with Crippen LogP contribution >= 0.6 is 9.39 Å². The molecule has 1 atom stereocenters. The second-order valence-electron chi connectivity index (χ2n) is 4.22. The lowest BCUT2D eigenvalue weighted by molar-refractivity contribution is 0.557. The average molecular weight is 246 g/mol. The first-order valence-corrected chi connectivity index (χ1v) is 6.49. The first-order valence-electron chi connectivity index (χ1n) is 5.97. The zero-order chi connectivity index (χ0) is 12.3. The Hall–Kier alpha value is -1.27. The predicted octanol–water partition coefficient (Wildman–Crippen LogP) is 3.73. The van der Waals surface area contributed by atoms with E-state index in [2.05, 4.69) is 63.0 Å². The molecule has 0 fully saturated rings. The van der Waals surface area contributed by atoms with Crippen molar-refractivity contribution in [2.24, 2.45) is 0 Å². The number of benzene rings is 1. The maximum atomic E-state index is 4.03. The van der Waals surface area contributed by atoms with Gasteiger partial charge in [-0.15, -0.1) is 0 Å². The third-order valence-electron chi connectivity index (χ3n) is 3.11. The summed E-state index contributed by atoms with van der Waals surface area (Å²) in [7, 11) is 2.75. The number of aromatic nitrogens is 1. The van der Waals surface area contributed by atoms with E-state index in [1.165, 1.54) is 16.5 Å². The van der Waals surface area contributed by atoms with Gasteiger partial charge in [0.15, 0.2) is 0 Å². The van der Waals surface area contributed by atoms with Crippen LogP contribution in [0.1, 0.15) is 18.9 Å². The number of fused-ring (bicyclic) bond motifs is 1. The average Bonchev–Trinajstić information content (AvgIpc) is 2.78. The standard InChI is InChI=1S/C14H19N2P/c1-3-11(2)16(17)9-8-12-10-15-14-7-5-4-6-13(12)14/h4-7,10,15H,2-3,8-9,17H2,1H3. The molecule has 0 aliphatic heterocycles. The summed E-state index contributed by atoms with van der Waals surface area (Å²) in [6, 6.07) is 8.43. The molecule has 0 aliphatic carbocycles. The minimum absolute atomic E-state index is 0.985. The van der Waals surface area contributed by atoms with E-state index in [0.717, 1.165) is 25.1 Å². The minimum Gasteiger partial charge on any atom is -0.361 e. The Balaban J connectivity index is 2.07. The lowest BCUT2D eigenvalue weighted by atomic mass is 10.1. The Morgan fingerprint density at radius 3 is 2.94 bits per heavy atom. The second-order valence-corrected chi connectivity index (χ2v) is 4.85. The molecule has 1 unspecified atom stereocenters. The Kier molecular flexibility index (Phi) is 3.86. The van der Waals surface area contributed by atoms with Gasteiger partial charge >= 0.3 is 0 Å². The highest BCUT2D eigenvalue weighted by molar-refractivity contribution is 7.13. The van der Waals surface area contributed by atoms with Crippen LogP contribution < -0.4 is 0 Å². The van der Waals surface area contributed by atoms with E-state index in [1.807, 2.05) is 0 Å². The van der Waals surface area contributed by atoms with E-state index >= 15 is 0 Å². The first-order chi connectivity index (χ1) is 8.22. The number of allylic oxidation sites excluding steroid dienone is 1. The maximum absolute atomic E-state index is 4.03. The summed E-state index contributed by atoms with van der Waals surface area (Å²) in [6.45, 7) is 7.15. The van der Waals surface area contributed by atoms with Crippen molar-refractivity contribution in [3.05, 3.63) is 48.3 Å². The van der Waals surface area contributed by atoms with Gasteiger partial charge in [0, 0.05) is 29.3 Å². The minimum atomic E-state index is 0.985.